The van der Waals surface area contributed by atoms with E-state index in [0.717, 1.165) is 37.2 Å². The first-order valence-corrected chi connectivity index (χ1v) is 7.28. The summed E-state index contributed by atoms with van der Waals surface area (Å²) >= 11 is 0. The predicted molar refractivity (Wildman–Crippen MR) is 73.7 cm³/mol. The summed E-state index contributed by atoms with van der Waals surface area (Å²) < 4.78 is 0. The van der Waals surface area contributed by atoms with Crippen LogP contribution in [0.15, 0.2) is 10.9 Å². The van der Waals surface area contributed by atoms with Crippen molar-refractivity contribution in [2.24, 2.45) is 0 Å². The summed E-state index contributed by atoms with van der Waals surface area (Å²) in [7, 11) is 0. The van der Waals surface area contributed by atoms with Crippen LogP contribution in [-0.2, 0) is 0 Å². The Morgan fingerprint density at radius 3 is 2.60 bits per heavy atom. The van der Waals surface area contributed by atoms with Gasteiger partial charge in [-0.25, -0.2) is 4.98 Å². The molecule has 1 heterocycles. The molecule has 1 aromatic rings. The number of aromatic amines is 1. The highest BCUT2D eigenvalue weighted by Crippen LogP contribution is 2.40. The minimum atomic E-state index is -0.255. The largest absolute Gasteiger partial charge is 0.395 e. The lowest BCUT2D eigenvalue weighted by molar-refractivity contribution is 0.141. The van der Waals surface area contributed by atoms with E-state index in [1.54, 1.807) is 6.07 Å². The van der Waals surface area contributed by atoms with Gasteiger partial charge in [0.25, 0.3) is 5.56 Å². The average Bonchev–Trinajstić information content (AvgIpc) is 3.21. The van der Waals surface area contributed by atoms with Crippen molar-refractivity contribution in [1.82, 2.24) is 15.3 Å². The van der Waals surface area contributed by atoms with Crippen molar-refractivity contribution >= 4 is 0 Å². The Morgan fingerprint density at radius 1 is 1.30 bits per heavy atom. The van der Waals surface area contributed by atoms with Crippen LogP contribution in [0.2, 0.25) is 0 Å². The van der Waals surface area contributed by atoms with Gasteiger partial charge in [-0.1, -0.05) is 0 Å². The van der Waals surface area contributed by atoms with Gasteiger partial charge in [0.1, 0.15) is 5.82 Å². The molecule has 0 atom stereocenters. The lowest BCUT2D eigenvalue weighted by Gasteiger charge is -2.37. The normalized spacial score (nSPS) is 25.8. The van der Waals surface area contributed by atoms with E-state index in [1.165, 1.54) is 0 Å². The van der Waals surface area contributed by atoms with Gasteiger partial charge in [0.15, 0.2) is 0 Å². The lowest BCUT2D eigenvalue weighted by Crippen LogP contribution is -2.48. The van der Waals surface area contributed by atoms with Gasteiger partial charge in [0.05, 0.1) is 24.9 Å². The first-order chi connectivity index (χ1) is 9.69. The topological polar surface area (TPSA) is 98.2 Å². The van der Waals surface area contributed by atoms with Gasteiger partial charge in [-0.3, -0.25) is 4.79 Å². The highest BCUT2D eigenvalue weighted by atomic mass is 16.3. The summed E-state index contributed by atoms with van der Waals surface area (Å²) in [6.07, 6.45) is 4.04. The molecule has 110 valence electrons. The molecule has 2 aliphatic rings. The summed E-state index contributed by atoms with van der Waals surface area (Å²) in [4.78, 5) is 19.1. The molecule has 2 saturated carbocycles. The van der Waals surface area contributed by atoms with Gasteiger partial charge >= 0.3 is 0 Å². The molecular weight excluding hydrogens is 258 g/mol. The first kappa shape index (κ1) is 13.7. The molecule has 0 unspecified atom stereocenters. The Balaban J connectivity index is 1.60. The second-order valence-corrected chi connectivity index (χ2v) is 5.92. The molecule has 0 aromatic carbocycles. The molecule has 4 N–H and O–H groups in total. The summed E-state index contributed by atoms with van der Waals surface area (Å²) in [5.41, 5.74) is 0.829. The second-order valence-electron chi connectivity index (χ2n) is 5.92. The van der Waals surface area contributed by atoms with Crippen molar-refractivity contribution in [2.75, 3.05) is 13.2 Å². The van der Waals surface area contributed by atoms with E-state index < -0.39 is 0 Å². The third-order valence-corrected chi connectivity index (χ3v) is 4.21. The number of nitrogens with one attached hydrogen (secondary N) is 2. The fraction of sp³-hybridized carbons (Fsp3) is 0.714. The van der Waals surface area contributed by atoms with E-state index in [4.69, 9.17) is 10.2 Å². The molecule has 0 radical (unpaired) electrons. The van der Waals surface area contributed by atoms with Gasteiger partial charge in [-0.05, 0) is 25.7 Å². The Bertz CT molecular complexity index is 517. The van der Waals surface area contributed by atoms with Crippen LogP contribution < -0.4 is 10.9 Å². The fourth-order valence-electron chi connectivity index (χ4n) is 2.75. The smallest absolute Gasteiger partial charge is 0.251 e. The van der Waals surface area contributed by atoms with E-state index in [2.05, 4.69) is 15.3 Å². The maximum Gasteiger partial charge on any atom is 0.251 e. The monoisotopic (exact) mass is 279 g/mol. The summed E-state index contributed by atoms with van der Waals surface area (Å²) in [6, 6.07) is 1.63. The van der Waals surface area contributed by atoms with E-state index in [9.17, 15) is 4.79 Å². The quantitative estimate of drug-likeness (QED) is 0.580. The maximum atomic E-state index is 11.7. The molecule has 6 nitrogen and oxygen atoms in total. The van der Waals surface area contributed by atoms with E-state index in [-0.39, 0.29) is 30.9 Å². The second kappa shape index (κ2) is 5.63. The summed E-state index contributed by atoms with van der Waals surface area (Å²) in [6.45, 7) is -0.125. The van der Waals surface area contributed by atoms with Crippen molar-refractivity contribution in [3.8, 4) is 0 Å². The molecule has 0 aliphatic heterocycles. The summed E-state index contributed by atoms with van der Waals surface area (Å²) in [5.74, 6) is 1.60. The van der Waals surface area contributed by atoms with Crippen LogP contribution in [-0.4, -0.2) is 45.5 Å². The van der Waals surface area contributed by atoms with Crippen LogP contribution in [0.3, 0.4) is 0 Å². The number of hydrogen-bond donors (Lipinski definition) is 4. The van der Waals surface area contributed by atoms with E-state index in [0.29, 0.717) is 11.8 Å². The van der Waals surface area contributed by atoms with E-state index >= 15 is 0 Å². The number of aliphatic hydroxyl groups is 2. The van der Waals surface area contributed by atoms with Gasteiger partial charge in [-0.2, -0.15) is 0 Å². The van der Waals surface area contributed by atoms with Gasteiger partial charge in [0, 0.05) is 23.9 Å². The fourth-order valence-corrected chi connectivity index (χ4v) is 2.75. The standard InChI is InChI=1S/C14H21N3O3/c18-6-11(7-19)15-10-3-9(4-10)12-5-13(20)17-14(16-12)8-1-2-8/h5,8-11,15,18-19H,1-4,6-7H2,(H,16,17,20). The minimum absolute atomic E-state index is 0.0584. The summed E-state index contributed by atoms with van der Waals surface area (Å²) in [5, 5.41) is 21.3. The zero-order valence-electron chi connectivity index (χ0n) is 11.4. The van der Waals surface area contributed by atoms with Gasteiger partial charge < -0.3 is 20.5 Å². The van der Waals surface area contributed by atoms with Crippen LogP contribution >= 0.6 is 0 Å². The molecule has 2 aliphatic carbocycles. The molecule has 0 saturated heterocycles. The molecule has 0 amide bonds. The number of nitrogens with zero attached hydrogens (tertiary/aromatic N) is 1. The molecule has 20 heavy (non-hydrogen) atoms. The number of H-pyrrole nitrogens is 1. The minimum Gasteiger partial charge on any atom is -0.395 e. The molecule has 6 heteroatoms. The van der Waals surface area contributed by atoms with Crippen molar-refractivity contribution in [3.63, 3.8) is 0 Å². The van der Waals surface area contributed by atoms with Gasteiger partial charge in [-0.15, -0.1) is 0 Å². The lowest BCUT2D eigenvalue weighted by atomic mass is 9.77. The molecule has 0 bridgehead atoms. The zero-order chi connectivity index (χ0) is 14.1. The maximum absolute atomic E-state index is 11.7. The SMILES string of the molecule is O=c1cc(C2CC(NC(CO)CO)C2)nc(C2CC2)[nH]1. The van der Waals surface area contributed by atoms with Crippen molar-refractivity contribution < 1.29 is 10.2 Å². The Morgan fingerprint density at radius 2 is 2.00 bits per heavy atom. The molecule has 1 aromatic heterocycles. The van der Waals surface area contributed by atoms with E-state index in [1.807, 2.05) is 0 Å². The highest BCUT2D eigenvalue weighted by Gasteiger charge is 2.34. The van der Waals surface area contributed by atoms with Crippen molar-refractivity contribution in [3.05, 3.63) is 27.9 Å². The predicted octanol–water partition coefficient (Wildman–Crippen LogP) is -0.164. The number of rotatable bonds is 6. The molecular formula is C14H21N3O3. The molecule has 3 rings (SSSR count). The third-order valence-electron chi connectivity index (χ3n) is 4.21. The van der Waals surface area contributed by atoms with Crippen LogP contribution in [0.5, 0.6) is 0 Å². The number of aromatic nitrogens is 2. The Kier molecular flexibility index (Phi) is 3.87. The first-order valence-electron chi connectivity index (χ1n) is 7.28. The van der Waals surface area contributed by atoms with Crippen LogP contribution in [0.25, 0.3) is 0 Å². The third kappa shape index (κ3) is 2.92. The molecule has 2 fully saturated rings. The number of hydrogen-bond acceptors (Lipinski definition) is 5. The van der Waals surface area contributed by atoms with Gasteiger partial charge in [0.2, 0.25) is 0 Å². The van der Waals surface area contributed by atoms with Crippen LogP contribution in [0, 0.1) is 0 Å². The van der Waals surface area contributed by atoms with Crippen LogP contribution in [0.1, 0.15) is 49.0 Å². The molecule has 0 spiro atoms. The Labute approximate surface area is 117 Å². The zero-order valence-corrected chi connectivity index (χ0v) is 11.4. The number of aliphatic hydroxyl groups excluding tert-OH is 2. The highest BCUT2D eigenvalue weighted by molar-refractivity contribution is 5.17. The Hall–Kier alpha value is -1.24. The van der Waals surface area contributed by atoms with Crippen molar-refractivity contribution in [1.29, 1.82) is 0 Å². The average molecular weight is 279 g/mol. The van der Waals surface area contributed by atoms with Crippen LogP contribution in [0.4, 0.5) is 0 Å². The van der Waals surface area contributed by atoms with Crippen molar-refractivity contribution in [2.45, 2.75) is 49.6 Å².